The van der Waals surface area contributed by atoms with Crippen LogP contribution < -0.4 is 16.0 Å². The molecule has 188 valence electrons. The van der Waals surface area contributed by atoms with Crippen molar-refractivity contribution in [1.29, 1.82) is 0 Å². The number of nitrogens with one attached hydrogen (secondary N) is 3. The summed E-state index contributed by atoms with van der Waals surface area (Å²) in [5.74, 6) is 0.426. The maximum atomic E-state index is 12.9. The highest BCUT2D eigenvalue weighted by Crippen LogP contribution is 2.34. The number of likely N-dealkylation sites (N-methyl/N-ethyl adjacent to an activating group) is 1. The third-order valence-electron chi connectivity index (χ3n) is 6.80. The molecule has 3 amide bonds. The first kappa shape index (κ1) is 26.4. The molecule has 0 bridgehead atoms. The first-order valence-corrected chi connectivity index (χ1v) is 12.5. The van der Waals surface area contributed by atoms with Gasteiger partial charge in [-0.3, -0.25) is 14.4 Å². The fraction of sp³-hybridized carbons (Fsp3) is 0.464. The summed E-state index contributed by atoms with van der Waals surface area (Å²) in [5, 5.41) is 8.76. The minimum atomic E-state index is -0.543. The Kier molecular flexibility index (Phi) is 9.43. The average Bonchev–Trinajstić information content (AvgIpc) is 3.23. The lowest BCUT2D eigenvalue weighted by Crippen LogP contribution is -2.40. The molecular formula is C28H38N4O3. The van der Waals surface area contributed by atoms with Gasteiger partial charge in [0.05, 0.1) is 6.54 Å². The Labute approximate surface area is 208 Å². The second kappa shape index (κ2) is 12.5. The van der Waals surface area contributed by atoms with Gasteiger partial charge in [-0.1, -0.05) is 50.2 Å². The van der Waals surface area contributed by atoms with Crippen molar-refractivity contribution < 1.29 is 14.4 Å². The molecule has 0 spiro atoms. The molecule has 0 aromatic heterocycles. The molecule has 4 rings (SSSR count). The predicted octanol–water partition coefficient (Wildman–Crippen LogP) is 3.58. The zero-order valence-electron chi connectivity index (χ0n) is 21.3. The first-order valence-electron chi connectivity index (χ1n) is 12.5. The summed E-state index contributed by atoms with van der Waals surface area (Å²) in [6.45, 7) is 7.08. The molecule has 1 aliphatic heterocycles. The maximum absolute atomic E-state index is 12.9. The SMILES string of the molecule is CNCC(=O)NC(C)C(C)C.O=CN1Cc2ccccc2C1C(=O)Nc1cccc2c1CCCC2. The van der Waals surface area contributed by atoms with Crippen LogP contribution in [0.2, 0.25) is 0 Å². The van der Waals surface area contributed by atoms with Gasteiger partial charge in [-0.05, 0) is 73.9 Å². The topological polar surface area (TPSA) is 90.5 Å². The van der Waals surface area contributed by atoms with E-state index in [1.165, 1.54) is 17.5 Å². The summed E-state index contributed by atoms with van der Waals surface area (Å²) in [6.07, 6.45) is 5.22. The highest BCUT2D eigenvalue weighted by Gasteiger charge is 2.34. The third kappa shape index (κ3) is 6.69. The van der Waals surface area contributed by atoms with Crippen molar-refractivity contribution in [2.75, 3.05) is 18.9 Å². The highest BCUT2D eigenvalue weighted by atomic mass is 16.2. The fourth-order valence-corrected chi connectivity index (χ4v) is 4.53. The van der Waals surface area contributed by atoms with Gasteiger partial charge >= 0.3 is 0 Å². The van der Waals surface area contributed by atoms with E-state index in [0.29, 0.717) is 19.0 Å². The van der Waals surface area contributed by atoms with Gasteiger partial charge in [-0.2, -0.15) is 0 Å². The van der Waals surface area contributed by atoms with Gasteiger partial charge in [-0.15, -0.1) is 0 Å². The van der Waals surface area contributed by atoms with Crippen LogP contribution >= 0.6 is 0 Å². The Balaban J connectivity index is 0.000000266. The van der Waals surface area contributed by atoms with Crippen LogP contribution in [-0.4, -0.2) is 42.8 Å². The van der Waals surface area contributed by atoms with Crippen molar-refractivity contribution >= 4 is 23.9 Å². The van der Waals surface area contributed by atoms with Crippen molar-refractivity contribution in [3.8, 4) is 0 Å². The van der Waals surface area contributed by atoms with E-state index in [2.05, 4.69) is 35.9 Å². The summed E-state index contributed by atoms with van der Waals surface area (Å²) in [5.41, 5.74) is 5.44. The zero-order valence-corrected chi connectivity index (χ0v) is 21.3. The molecule has 1 aliphatic carbocycles. The van der Waals surface area contributed by atoms with Crippen molar-refractivity contribution in [2.24, 2.45) is 5.92 Å². The lowest BCUT2D eigenvalue weighted by Gasteiger charge is -2.23. The quantitative estimate of drug-likeness (QED) is 0.531. The number of benzene rings is 2. The molecular weight excluding hydrogens is 440 g/mol. The number of amides is 3. The highest BCUT2D eigenvalue weighted by molar-refractivity contribution is 5.98. The van der Waals surface area contributed by atoms with Crippen LogP contribution in [0.1, 0.15) is 61.9 Å². The van der Waals surface area contributed by atoms with E-state index >= 15 is 0 Å². The molecule has 0 saturated heterocycles. The second-order valence-corrected chi connectivity index (χ2v) is 9.65. The minimum absolute atomic E-state index is 0.0636. The number of nitrogens with zero attached hydrogens (tertiary/aromatic N) is 1. The molecule has 35 heavy (non-hydrogen) atoms. The summed E-state index contributed by atoms with van der Waals surface area (Å²) in [7, 11) is 1.76. The Morgan fingerprint density at radius 1 is 1.03 bits per heavy atom. The number of hydrogen-bond donors (Lipinski definition) is 3. The Bertz CT molecular complexity index is 1040. The van der Waals surface area contributed by atoms with Crippen molar-refractivity contribution in [3.63, 3.8) is 0 Å². The molecule has 2 atom stereocenters. The third-order valence-corrected chi connectivity index (χ3v) is 6.80. The summed E-state index contributed by atoms with van der Waals surface area (Å²) < 4.78 is 0. The molecule has 2 aromatic carbocycles. The Hall–Kier alpha value is -3.19. The molecule has 3 N–H and O–H groups in total. The van der Waals surface area contributed by atoms with Gasteiger partial charge in [0.2, 0.25) is 12.3 Å². The first-order chi connectivity index (χ1) is 16.8. The van der Waals surface area contributed by atoms with Crippen LogP contribution in [0.25, 0.3) is 0 Å². The molecule has 7 heteroatoms. The van der Waals surface area contributed by atoms with E-state index in [1.54, 1.807) is 11.9 Å². The van der Waals surface area contributed by atoms with Gasteiger partial charge in [0, 0.05) is 18.3 Å². The number of carbonyl (C=O) groups is 3. The Morgan fingerprint density at radius 2 is 1.74 bits per heavy atom. The van der Waals surface area contributed by atoms with Crippen LogP contribution in [-0.2, 0) is 33.8 Å². The van der Waals surface area contributed by atoms with Gasteiger partial charge in [-0.25, -0.2) is 0 Å². The number of aryl methyl sites for hydroxylation is 1. The maximum Gasteiger partial charge on any atom is 0.251 e. The molecule has 7 nitrogen and oxygen atoms in total. The van der Waals surface area contributed by atoms with Crippen LogP contribution in [0.3, 0.4) is 0 Å². The Morgan fingerprint density at radius 3 is 2.46 bits per heavy atom. The van der Waals surface area contributed by atoms with Gasteiger partial charge in [0.15, 0.2) is 0 Å². The van der Waals surface area contributed by atoms with Crippen molar-refractivity contribution in [3.05, 3.63) is 64.7 Å². The van der Waals surface area contributed by atoms with Gasteiger partial charge in [0.1, 0.15) is 6.04 Å². The van der Waals surface area contributed by atoms with E-state index in [0.717, 1.165) is 42.5 Å². The van der Waals surface area contributed by atoms with E-state index in [4.69, 9.17) is 0 Å². The number of anilines is 1. The lowest BCUT2D eigenvalue weighted by molar-refractivity contribution is -0.129. The van der Waals surface area contributed by atoms with Crippen molar-refractivity contribution in [1.82, 2.24) is 15.5 Å². The molecule has 0 fully saturated rings. The summed E-state index contributed by atoms with van der Waals surface area (Å²) in [6, 6.07) is 13.6. The van der Waals surface area contributed by atoms with E-state index < -0.39 is 6.04 Å². The zero-order chi connectivity index (χ0) is 25.4. The molecule has 2 aromatic rings. The standard InChI is InChI=1S/C20H20N2O2.C8H18N2O/c23-13-22-12-15-7-2-4-10-17(15)19(22)20(24)21-18-11-5-8-14-6-1-3-9-16(14)18;1-6(2)7(3)10-8(11)5-9-4/h2,4-5,7-8,10-11,13,19H,1,3,6,9,12H2,(H,21,24);6-7,9H,5H2,1-4H3,(H,10,11). The lowest BCUT2D eigenvalue weighted by atomic mass is 9.90. The van der Waals surface area contributed by atoms with E-state index in [-0.39, 0.29) is 17.9 Å². The fourth-order valence-electron chi connectivity index (χ4n) is 4.53. The average molecular weight is 479 g/mol. The van der Waals surface area contributed by atoms with Crippen LogP contribution in [0, 0.1) is 5.92 Å². The summed E-state index contributed by atoms with van der Waals surface area (Å²) >= 11 is 0. The molecule has 2 unspecified atom stereocenters. The van der Waals surface area contributed by atoms with Crippen LogP contribution in [0.4, 0.5) is 5.69 Å². The summed E-state index contributed by atoms with van der Waals surface area (Å²) in [4.78, 5) is 36.9. The second-order valence-electron chi connectivity index (χ2n) is 9.65. The van der Waals surface area contributed by atoms with Crippen LogP contribution in [0.5, 0.6) is 0 Å². The largest absolute Gasteiger partial charge is 0.352 e. The molecule has 1 heterocycles. The molecule has 2 aliphatic rings. The molecule has 0 saturated carbocycles. The predicted molar refractivity (Wildman–Crippen MR) is 139 cm³/mol. The number of fused-ring (bicyclic) bond motifs is 2. The smallest absolute Gasteiger partial charge is 0.251 e. The van der Waals surface area contributed by atoms with Crippen molar-refractivity contribution in [2.45, 2.75) is 65.1 Å². The normalized spacial score (nSPS) is 16.9. The van der Waals surface area contributed by atoms with E-state index in [9.17, 15) is 14.4 Å². The minimum Gasteiger partial charge on any atom is -0.352 e. The van der Waals surface area contributed by atoms with Gasteiger partial charge < -0.3 is 20.9 Å². The van der Waals surface area contributed by atoms with Gasteiger partial charge in [0.25, 0.3) is 5.91 Å². The monoisotopic (exact) mass is 478 g/mol. The van der Waals surface area contributed by atoms with Crippen LogP contribution in [0.15, 0.2) is 42.5 Å². The number of hydrogen-bond acceptors (Lipinski definition) is 4. The molecule has 0 radical (unpaired) electrons. The number of carbonyl (C=O) groups excluding carboxylic acids is 3. The number of rotatable bonds is 7. The van der Waals surface area contributed by atoms with E-state index in [1.807, 2.05) is 43.3 Å².